The first-order chi connectivity index (χ1) is 11.2. The summed E-state index contributed by atoms with van der Waals surface area (Å²) in [7, 11) is 3.27. The minimum atomic E-state index is -0.869. The molecular formula is C18H24N2O4. The van der Waals surface area contributed by atoms with Crippen molar-refractivity contribution >= 4 is 12.0 Å². The summed E-state index contributed by atoms with van der Waals surface area (Å²) in [6.07, 6.45) is 2.39. The molecule has 0 spiro atoms. The van der Waals surface area contributed by atoms with Gasteiger partial charge in [0.1, 0.15) is 12.2 Å². The molecule has 0 aromatic rings. The van der Waals surface area contributed by atoms with Crippen molar-refractivity contribution in [2.75, 3.05) is 14.1 Å². The molecule has 0 bridgehead atoms. The van der Waals surface area contributed by atoms with Gasteiger partial charge in [-0.15, -0.1) is 0 Å². The lowest BCUT2D eigenvalue weighted by atomic mass is 9.59. The van der Waals surface area contributed by atoms with E-state index in [9.17, 15) is 14.7 Å². The summed E-state index contributed by atoms with van der Waals surface area (Å²) in [6, 6.07) is 0. The number of nitrogens with zero attached hydrogens (tertiary/aromatic N) is 1. The lowest BCUT2D eigenvalue weighted by molar-refractivity contribution is -0.123. The Morgan fingerprint density at radius 1 is 1.50 bits per heavy atom. The molecule has 0 saturated carbocycles. The molecule has 24 heavy (non-hydrogen) atoms. The van der Waals surface area contributed by atoms with Gasteiger partial charge in [-0.2, -0.15) is 0 Å². The molecular weight excluding hydrogens is 308 g/mol. The summed E-state index contributed by atoms with van der Waals surface area (Å²) in [4.78, 5) is 25.5. The third kappa shape index (κ3) is 2.20. The van der Waals surface area contributed by atoms with Crippen LogP contribution in [0.1, 0.15) is 27.2 Å². The van der Waals surface area contributed by atoms with Crippen LogP contribution in [0.15, 0.2) is 34.6 Å². The third-order valence-corrected chi connectivity index (χ3v) is 5.88. The van der Waals surface area contributed by atoms with Gasteiger partial charge in [0.15, 0.2) is 0 Å². The number of likely N-dealkylation sites (N-methyl/N-ethyl adjacent to an activating group) is 1. The fourth-order valence-electron chi connectivity index (χ4n) is 4.03. The zero-order chi connectivity index (χ0) is 17.8. The van der Waals surface area contributed by atoms with Crippen molar-refractivity contribution in [1.29, 1.82) is 0 Å². The second-order valence-corrected chi connectivity index (χ2v) is 7.11. The molecule has 0 saturated heterocycles. The molecule has 0 fully saturated rings. The maximum Gasteiger partial charge on any atom is 0.407 e. The Morgan fingerprint density at radius 2 is 2.17 bits per heavy atom. The van der Waals surface area contributed by atoms with Crippen LogP contribution >= 0.6 is 0 Å². The zero-order valence-electron chi connectivity index (χ0n) is 14.7. The van der Waals surface area contributed by atoms with Crippen molar-refractivity contribution in [3.63, 3.8) is 0 Å². The van der Waals surface area contributed by atoms with E-state index in [0.717, 1.165) is 22.4 Å². The maximum absolute atomic E-state index is 12.3. The van der Waals surface area contributed by atoms with E-state index in [1.54, 1.807) is 18.0 Å². The summed E-state index contributed by atoms with van der Waals surface area (Å²) < 4.78 is 5.40. The number of aliphatic hydroxyl groups is 1. The number of carbonyl (C=O) groups excluding carboxylic acids is 2. The minimum Gasteiger partial charge on any atom is -0.443 e. The van der Waals surface area contributed by atoms with E-state index in [1.165, 1.54) is 7.05 Å². The summed E-state index contributed by atoms with van der Waals surface area (Å²) in [5.74, 6) is -0.0747. The highest BCUT2D eigenvalue weighted by atomic mass is 16.6. The molecule has 130 valence electrons. The van der Waals surface area contributed by atoms with Crippen LogP contribution in [0.2, 0.25) is 0 Å². The summed E-state index contributed by atoms with van der Waals surface area (Å²) >= 11 is 0. The van der Waals surface area contributed by atoms with Gasteiger partial charge < -0.3 is 20.1 Å². The first kappa shape index (κ1) is 16.8. The van der Waals surface area contributed by atoms with E-state index in [4.69, 9.17) is 4.74 Å². The molecule has 0 aromatic heterocycles. The van der Waals surface area contributed by atoms with Crippen LogP contribution < -0.4 is 5.32 Å². The van der Waals surface area contributed by atoms with E-state index in [-0.39, 0.29) is 17.2 Å². The van der Waals surface area contributed by atoms with Crippen LogP contribution in [0.25, 0.3) is 0 Å². The van der Waals surface area contributed by atoms with Crippen LogP contribution in [0.4, 0.5) is 4.79 Å². The first-order valence-electron chi connectivity index (χ1n) is 8.19. The van der Waals surface area contributed by atoms with Gasteiger partial charge in [-0.3, -0.25) is 4.79 Å². The van der Waals surface area contributed by atoms with Crippen molar-refractivity contribution in [2.24, 2.45) is 11.3 Å². The Morgan fingerprint density at radius 3 is 2.79 bits per heavy atom. The van der Waals surface area contributed by atoms with Crippen LogP contribution in [-0.4, -0.2) is 48.3 Å². The minimum absolute atomic E-state index is 0.0189. The monoisotopic (exact) mass is 332 g/mol. The average Bonchev–Trinajstić information content (AvgIpc) is 2.75. The average molecular weight is 332 g/mol. The van der Waals surface area contributed by atoms with Crippen molar-refractivity contribution in [1.82, 2.24) is 10.2 Å². The van der Waals surface area contributed by atoms with Gasteiger partial charge in [0, 0.05) is 36.7 Å². The number of nitrogens with one attached hydrogen (secondary N) is 1. The molecule has 0 radical (unpaired) electrons. The second-order valence-electron chi connectivity index (χ2n) is 7.11. The fourth-order valence-corrected chi connectivity index (χ4v) is 4.03. The molecule has 3 aliphatic rings. The number of fused-ring (bicyclic) bond motifs is 2. The molecule has 4 unspecified atom stereocenters. The van der Waals surface area contributed by atoms with Crippen molar-refractivity contribution < 1.29 is 19.4 Å². The van der Waals surface area contributed by atoms with Gasteiger partial charge in [-0.05, 0) is 36.6 Å². The molecule has 6 nitrogen and oxygen atoms in total. The Bertz CT molecular complexity index is 706. The maximum atomic E-state index is 12.3. The Kier molecular flexibility index (Phi) is 3.83. The van der Waals surface area contributed by atoms with Crippen LogP contribution in [0.3, 0.4) is 0 Å². The normalized spacial score (nSPS) is 35.2. The molecule has 1 heterocycles. The van der Waals surface area contributed by atoms with Crippen molar-refractivity contribution in [3.8, 4) is 0 Å². The number of aliphatic hydroxyl groups excluding tert-OH is 1. The molecule has 2 N–H and O–H groups in total. The molecule has 4 atom stereocenters. The Balaban J connectivity index is 2.04. The second kappa shape index (κ2) is 5.48. The number of carbonyl (C=O) groups is 2. The highest BCUT2D eigenvalue weighted by Crippen LogP contribution is 2.54. The van der Waals surface area contributed by atoms with Gasteiger partial charge in [-0.1, -0.05) is 13.8 Å². The quantitative estimate of drug-likeness (QED) is 0.766. The number of rotatable bonds is 1. The molecule has 6 heteroatoms. The van der Waals surface area contributed by atoms with Gasteiger partial charge >= 0.3 is 6.09 Å². The number of hydrogen-bond acceptors (Lipinski definition) is 4. The van der Waals surface area contributed by atoms with Gasteiger partial charge in [0.25, 0.3) is 5.91 Å². The van der Waals surface area contributed by atoms with Gasteiger partial charge in [0.2, 0.25) is 0 Å². The van der Waals surface area contributed by atoms with E-state index >= 15 is 0 Å². The predicted octanol–water partition coefficient (Wildman–Crippen LogP) is 1.73. The number of alkyl carbamates (subject to hydrolysis) is 1. The lowest BCUT2D eigenvalue weighted by Crippen LogP contribution is -2.49. The lowest BCUT2D eigenvalue weighted by Gasteiger charge is -2.48. The Hall–Kier alpha value is -2.08. The standard InChI is InChI=1S/C18H24N2O4/c1-9-12-8-18(3)10(2)15(24-17(23)19-4)14(21)7-11(18)6-13(12)20(5)16(9)22/h6-7,10,14-15,21H,8H2,1-5H3,(H,19,23). The highest BCUT2D eigenvalue weighted by molar-refractivity contribution is 6.00. The number of allylic oxidation sites excluding steroid dienone is 3. The van der Waals surface area contributed by atoms with Crippen molar-refractivity contribution in [2.45, 2.75) is 39.4 Å². The number of hydrogen-bond donors (Lipinski definition) is 2. The summed E-state index contributed by atoms with van der Waals surface area (Å²) in [5, 5.41) is 12.9. The molecule has 0 aromatic carbocycles. The van der Waals surface area contributed by atoms with Gasteiger partial charge in [-0.25, -0.2) is 4.79 Å². The van der Waals surface area contributed by atoms with Crippen molar-refractivity contribution in [3.05, 3.63) is 34.6 Å². The molecule has 3 rings (SSSR count). The predicted molar refractivity (Wildman–Crippen MR) is 88.9 cm³/mol. The van der Waals surface area contributed by atoms with E-state index in [2.05, 4.69) is 12.2 Å². The summed E-state index contributed by atoms with van der Waals surface area (Å²) in [6.45, 7) is 5.94. The third-order valence-electron chi connectivity index (χ3n) is 5.88. The summed E-state index contributed by atoms with van der Waals surface area (Å²) in [5.41, 5.74) is 3.41. The number of ether oxygens (including phenoxy) is 1. The molecule has 2 aliphatic carbocycles. The first-order valence-corrected chi connectivity index (χ1v) is 8.19. The van der Waals surface area contributed by atoms with Crippen LogP contribution in [0.5, 0.6) is 0 Å². The molecule has 2 amide bonds. The van der Waals surface area contributed by atoms with Crippen LogP contribution in [0, 0.1) is 11.3 Å². The Labute approximate surface area is 141 Å². The topological polar surface area (TPSA) is 78.9 Å². The zero-order valence-corrected chi connectivity index (χ0v) is 14.7. The van der Waals surface area contributed by atoms with Gasteiger partial charge in [0.05, 0.1) is 0 Å². The van der Waals surface area contributed by atoms with Crippen LogP contribution in [-0.2, 0) is 9.53 Å². The largest absolute Gasteiger partial charge is 0.443 e. The van der Waals surface area contributed by atoms with E-state index in [0.29, 0.717) is 6.42 Å². The molecule has 1 aliphatic heterocycles. The smallest absolute Gasteiger partial charge is 0.407 e. The number of amides is 2. The fraction of sp³-hybridized carbons (Fsp3) is 0.556. The highest BCUT2D eigenvalue weighted by Gasteiger charge is 2.50. The van der Waals surface area contributed by atoms with E-state index < -0.39 is 18.3 Å². The van der Waals surface area contributed by atoms with E-state index in [1.807, 2.05) is 19.9 Å². The SMILES string of the molecule is CNC(=O)OC1C(O)C=C2C=C3C(=C(C)C(=O)N3C)CC2(C)C1C.